The highest BCUT2D eigenvalue weighted by Gasteiger charge is 2.27. The molecule has 1 aliphatic heterocycles. The molecule has 1 fully saturated rings. The van der Waals surface area contributed by atoms with Crippen molar-refractivity contribution in [2.24, 2.45) is 12.8 Å². The fourth-order valence-corrected chi connectivity index (χ4v) is 2.88. The van der Waals surface area contributed by atoms with E-state index >= 15 is 0 Å². The van der Waals surface area contributed by atoms with E-state index in [0.717, 1.165) is 19.5 Å². The van der Waals surface area contributed by atoms with Gasteiger partial charge in [0.15, 0.2) is 0 Å². The second-order valence-electron chi connectivity index (χ2n) is 5.03. The number of aromatic nitrogens is 2. The van der Waals surface area contributed by atoms with Gasteiger partial charge in [0, 0.05) is 39.4 Å². The van der Waals surface area contributed by atoms with Crippen molar-refractivity contribution in [1.29, 1.82) is 0 Å². The van der Waals surface area contributed by atoms with Crippen LogP contribution in [0.4, 0.5) is 0 Å². The Bertz CT molecular complexity index is 493. The van der Waals surface area contributed by atoms with E-state index in [1.165, 1.54) is 0 Å². The number of carbonyl (C=O) groups is 1. The van der Waals surface area contributed by atoms with Crippen molar-refractivity contribution in [3.05, 3.63) is 18.0 Å². The summed E-state index contributed by atoms with van der Waals surface area (Å²) in [6.07, 6.45) is 2.69. The maximum Gasteiger partial charge on any atom is 0.274 e. The molecular formula is C13H21N5OS. The third kappa shape index (κ3) is 3.16. The Morgan fingerprint density at radius 2 is 2.10 bits per heavy atom. The molecule has 2 rings (SSSR count). The molecule has 1 atom stereocenters. The van der Waals surface area contributed by atoms with Gasteiger partial charge in [-0.15, -0.1) is 0 Å². The van der Waals surface area contributed by atoms with E-state index in [9.17, 15) is 4.79 Å². The molecule has 7 heteroatoms. The number of piperazine rings is 1. The molecule has 110 valence electrons. The second-order valence-corrected chi connectivity index (χ2v) is 5.50. The lowest BCUT2D eigenvalue weighted by Crippen LogP contribution is -2.54. The molecule has 1 saturated heterocycles. The molecule has 0 saturated carbocycles. The Balaban J connectivity index is 1.94. The number of hydrogen-bond acceptors (Lipinski definition) is 4. The van der Waals surface area contributed by atoms with Gasteiger partial charge < -0.3 is 10.6 Å². The molecule has 6 nitrogen and oxygen atoms in total. The normalized spacial score (nSPS) is 18.0. The average Bonchev–Trinajstić information content (AvgIpc) is 2.86. The van der Waals surface area contributed by atoms with E-state index in [-0.39, 0.29) is 11.9 Å². The predicted octanol–water partition coefficient (Wildman–Crippen LogP) is 0.243. The third-order valence-electron chi connectivity index (χ3n) is 3.69. The summed E-state index contributed by atoms with van der Waals surface area (Å²) in [4.78, 5) is 16.9. The largest absolute Gasteiger partial charge is 0.392 e. The average molecular weight is 295 g/mol. The highest BCUT2D eigenvalue weighted by atomic mass is 32.1. The summed E-state index contributed by atoms with van der Waals surface area (Å²) in [6, 6.07) is 1.88. The molecule has 1 aromatic heterocycles. The van der Waals surface area contributed by atoms with Crippen molar-refractivity contribution in [1.82, 2.24) is 19.6 Å². The molecule has 0 radical (unpaired) electrons. The number of nitrogens with zero attached hydrogens (tertiary/aromatic N) is 4. The lowest BCUT2D eigenvalue weighted by molar-refractivity contribution is 0.0605. The number of hydrogen-bond donors (Lipinski definition) is 1. The summed E-state index contributed by atoms with van der Waals surface area (Å²) in [5.74, 6) is -0.00590. The van der Waals surface area contributed by atoms with Gasteiger partial charge in [0.25, 0.3) is 5.91 Å². The summed E-state index contributed by atoms with van der Waals surface area (Å²) in [7, 11) is 1.81. The number of rotatable bonds is 4. The van der Waals surface area contributed by atoms with Crippen LogP contribution in [0.3, 0.4) is 0 Å². The fraction of sp³-hybridized carbons (Fsp3) is 0.615. The van der Waals surface area contributed by atoms with Crippen LogP contribution >= 0.6 is 12.2 Å². The van der Waals surface area contributed by atoms with Crippen LogP contribution in [-0.4, -0.2) is 62.7 Å². The minimum atomic E-state index is -0.00590. The van der Waals surface area contributed by atoms with Crippen LogP contribution < -0.4 is 5.73 Å². The first-order valence-corrected chi connectivity index (χ1v) is 7.26. The van der Waals surface area contributed by atoms with Crippen molar-refractivity contribution in [2.75, 3.05) is 26.2 Å². The van der Waals surface area contributed by atoms with Crippen molar-refractivity contribution in [2.45, 2.75) is 19.4 Å². The molecule has 0 bridgehead atoms. The van der Waals surface area contributed by atoms with Gasteiger partial charge in [-0.3, -0.25) is 14.4 Å². The summed E-state index contributed by atoms with van der Waals surface area (Å²) in [5, 5.41) is 4.16. The SMILES string of the molecule is CCC(C(N)=S)N1CCN(C(=O)c2ccn(C)n2)CC1. The maximum absolute atomic E-state index is 12.3. The molecule has 0 aromatic carbocycles. The van der Waals surface area contributed by atoms with Crippen molar-refractivity contribution < 1.29 is 4.79 Å². The van der Waals surface area contributed by atoms with E-state index in [1.807, 2.05) is 11.9 Å². The van der Waals surface area contributed by atoms with Gasteiger partial charge in [-0.2, -0.15) is 5.10 Å². The molecule has 1 aromatic rings. The molecule has 2 heterocycles. The topological polar surface area (TPSA) is 67.4 Å². The van der Waals surface area contributed by atoms with Gasteiger partial charge in [0.1, 0.15) is 5.69 Å². The quantitative estimate of drug-likeness (QED) is 0.806. The smallest absolute Gasteiger partial charge is 0.274 e. The summed E-state index contributed by atoms with van der Waals surface area (Å²) >= 11 is 5.10. The predicted molar refractivity (Wildman–Crippen MR) is 81.5 cm³/mol. The Morgan fingerprint density at radius 3 is 2.55 bits per heavy atom. The van der Waals surface area contributed by atoms with Crippen LogP contribution in [0.1, 0.15) is 23.8 Å². The summed E-state index contributed by atoms with van der Waals surface area (Å²) in [5.41, 5.74) is 6.26. The fourth-order valence-electron chi connectivity index (χ4n) is 2.57. The minimum absolute atomic E-state index is 0.00590. The Kier molecular flexibility index (Phi) is 4.72. The molecule has 20 heavy (non-hydrogen) atoms. The highest BCUT2D eigenvalue weighted by molar-refractivity contribution is 7.80. The van der Waals surface area contributed by atoms with Gasteiger partial charge in [0.05, 0.1) is 11.0 Å². The first-order chi connectivity index (χ1) is 9.52. The van der Waals surface area contributed by atoms with Gasteiger partial charge in [-0.25, -0.2) is 0 Å². The van der Waals surface area contributed by atoms with E-state index in [1.54, 1.807) is 16.9 Å². The zero-order valence-corrected chi connectivity index (χ0v) is 12.8. The monoisotopic (exact) mass is 295 g/mol. The Hall–Kier alpha value is -1.47. The zero-order chi connectivity index (χ0) is 14.7. The first kappa shape index (κ1) is 14.9. The van der Waals surface area contributed by atoms with E-state index in [2.05, 4.69) is 16.9 Å². The van der Waals surface area contributed by atoms with E-state index in [0.29, 0.717) is 23.8 Å². The first-order valence-electron chi connectivity index (χ1n) is 6.85. The van der Waals surface area contributed by atoms with Crippen LogP contribution in [0.2, 0.25) is 0 Å². The van der Waals surface area contributed by atoms with Gasteiger partial charge in [-0.05, 0) is 12.5 Å². The van der Waals surface area contributed by atoms with Crippen LogP contribution in [0.15, 0.2) is 12.3 Å². The molecule has 0 spiro atoms. The number of carbonyl (C=O) groups excluding carboxylic acids is 1. The molecule has 1 amide bonds. The zero-order valence-electron chi connectivity index (χ0n) is 12.0. The lowest BCUT2D eigenvalue weighted by Gasteiger charge is -2.38. The standard InChI is InChI=1S/C13H21N5OS/c1-3-11(12(14)20)17-6-8-18(9-7-17)13(19)10-4-5-16(2)15-10/h4-5,11H,3,6-9H2,1-2H3,(H2,14,20). The van der Waals surface area contributed by atoms with Gasteiger partial charge >= 0.3 is 0 Å². The Morgan fingerprint density at radius 1 is 1.45 bits per heavy atom. The number of amides is 1. The van der Waals surface area contributed by atoms with Crippen LogP contribution in [-0.2, 0) is 7.05 Å². The highest BCUT2D eigenvalue weighted by Crippen LogP contribution is 2.12. The van der Waals surface area contributed by atoms with Crippen LogP contribution in [0.5, 0.6) is 0 Å². The molecule has 1 unspecified atom stereocenters. The number of aryl methyl sites for hydroxylation is 1. The van der Waals surface area contributed by atoms with E-state index < -0.39 is 0 Å². The molecular weight excluding hydrogens is 274 g/mol. The number of thiocarbonyl (C=S) groups is 1. The van der Waals surface area contributed by atoms with E-state index in [4.69, 9.17) is 18.0 Å². The molecule has 0 aliphatic carbocycles. The van der Waals surface area contributed by atoms with Crippen LogP contribution in [0.25, 0.3) is 0 Å². The third-order valence-corrected chi connectivity index (χ3v) is 3.96. The number of nitrogens with two attached hydrogens (primary N) is 1. The van der Waals surface area contributed by atoms with Crippen molar-refractivity contribution in [3.63, 3.8) is 0 Å². The maximum atomic E-state index is 12.3. The van der Waals surface area contributed by atoms with Gasteiger partial charge in [-0.1, -0.05) is 19.1 Å². The molecule has 2 N–H and O–H groups in total. The van der Waals surface area contributed by atoms with Crippen LogP contribution in [0, 0.1) is 0 Å². The summed E-state index contributed by atoms with van der Waals surface area (Å²) in [6.45, 7) is 5.06. The minimum Gasteiger partial charge on any atom is -0.392 e. The van der Waals surface area contributed by atoms with Crippen molar-refractivity contribution in [3.8, 4) is 0 Å². The van der Waals surface area contributed by atoms with Gasteiger partial charge in [0.2, 0.25) is 0 Å². The lowest BCUT2D eigenvalue weighted by atomic mass is 10.1. The summed E-state index contributed by atoms with van der Waals surface area (Å²) < 4.78 is 1.64. The second kappa shape index (κ2) is 6.32. The molecule has 1 aliphatic rings. The van der Waals surface area contributed by atoms with Crippen molar-refractivity contribution >= 4 is 23.1 Å². The Labute approximate surface area is 124 Å².